The molecule has 7 heteroatoms. The van der Waals surface area contributed by atoms with Crippen molar-refractivity contribution in [1.82, 2.24) is 29.4 Å². The molecule has 0 unspecified atom stereocenters. The monoisotopic (exact) mass is 271 g/mol. The van der Waals surface area contributed by atoms with Crippen LogP contribution in [-0.4, -0.2) is 29.4 Å². The van der Waals surface area contributed by atoms with Crippen molar-refractivity contribution in [3.63, 3.8) is 0 Å². The normalized spacial score (nSPS) is 11.3. The molecule has 2 N–H and O–H groups in total. The molecule has 0 aromatic carbocycles. The van der Waals surface area contributed by atoms with Gasteiger partial charge in [-0.2, -0.15) is 0 Å². The van der Waals surface area contributed by atoms with Crippen molar-refractivity contribution in [3.8, 4) is 0 Å². The summed E-state index contributed by atoms with van der Waals surface area (Å²) in [6.07, 6.45) is 2.77. The summed E-state index contributed by atoms with van der Waals surface area (Å²) in [6, 6.07) is 2.03. The maximum atomic E-state index is 5.79. The van der Waals surface area contributed by atoms with Gasteiger partial charge in [0, 0.05) is 17.6 Å². The Morgan fingerprint density at radius 1 is 1.25 bits per heavy atom. The van der Waals surface area contributed by atoms with Gasteiger partial charge in [-0.15, -0.1) is 5.10 Å². The molecule has 0 aliphatic carbocycles. The van der Waals surface area contributed by atoms with Gasteiger partial charge in [-0.25, -0.2) is 14.6 Å². The predicted octanol–water partition coefficient (Wildman–Crippen LogP) is 1.13. The summed E-state index contributed by atoms with van der Waals surface area (Å²) >= 11 is 0. The number of anilines is 1. The van der Waals surface area contributed by atoms with Crippen LogP contribution in [0.2, 0.25) is 0 Å². The zero-order chi connectivity index (χ0) is 14.3. The summed E-state index contributed by atoms with van der Waals surface area (Å²) in [6.45, 7) is 6.59. The van der Waals surface area contributed by atoms with Gasteiger partial charge in [0.25, 0.3) is 0 Å². The second-order valence-corrected chi connectivity index (χ2v) is 4.87. The molecule has 0 aliphatic heterocycles. The highest BCUT2D eigenvalue weighted by atomic mass is 15.4. The van der Waals surface area contributed by atoms with Crippen molar-refractivity contribution >= 4 is 11.6 Å². The number of imidazole rings is 1. The van der Waals surface area contributed by atoms with Gasteiger partial charge < -0.3 is 5.73 Å². The highest BCUT2D eigenvalue weighted by molar-refractivity contribution is 5.36. The van der Waals surface area contributed by atoms with Crippen LogP contribution in [0.25, 0.3) is 5.78 Å². The second-order valence-electron chi connectivity index (χ2n) is 4.87. The van der Waals surface area contributed by atoms with Crippen LogP contribution in [0.1, 0.15) is 29.7 Å². The van der Waals surface area contributed by atoms with E-state index in [9.17, 15) is 0 Å². The Morgan fingerprint density at radius 3 is 2.80 bits per heavy atom. The smallest absolute Gasteiger partial charge is 0.234 e. The lowest BCUT2D eigenvalue weighted by Crippen LogP contribution is -2.07. The number of nitrogen functional groups attached to an aromatic ring is 1. The largest absolute Gasteiger partial charge is 0.381 e. The van der Waals surface area contributed by atoms with E-state index in [4.69, 9.17) is 5.73 Å². The van der Waals surface area contributed by atoms with Crippen molar-refractivity contribution in [3.05, 3.63) is 35.0 Å². The number of rotatable bonds is 3. The van der Waals surface area contributed by atoms with E-state index in [1.54, 1.807) is 4.68 Å². The van der Waals surface area contributed by atoms with Crippen LogP contribution < -0.4 is 5.73 Å². The SMILES string of the molecule is CCc1c(N)nnn1Cc1cn2c(C)cc(C)nc2n1. The Bertz CT molecular complexity index is 768. The molecule has 0 bridgehead atoms. The van der Waals surface area contributed by atoms with Gasteiger partial charge in [0.15, 0.2) is 5.82 Å². The molecular weight excluding hydrogens is 254 g/mol. The average Bonchev–Trinajstić information content (AvgIpc) is 2.93. The summed E-state index contributed by atoms with van der Waals surface area (Å²) in [7, 11) is 0. The molecule has 0 amide bonds. The van der Waals surface area contributed by atoms with Crippen molar-refractivity contribution in [2.75, 3.05) is 5.73 Å². The third-order valence-corrected chi connectivity index (χ3v) is 3.33. The van der Waals surface area contributed by atoms with Crippen LogP contribution in [0.15, 0.2) is 12.3 Å². The Hall–Kier alpha value is -2.44. The Morgan fingerprint density at radius 2 is 2.05 bits per heavy atom. The van der Waals surface area contributed by atoms with Gasteiger partial charge in [0.05, 0.1) is 17.9 Å². The third-order valence-electron chi connectivity index (χ3n) is 3.33. The van der Waals surface area contributed by atoms with Gasteiger partial charge >= 0.3 is 0 Å². The van der Waals surface area contributed by atoms with E-state index < -0.39 is 0 Å². The fourth-order valence-corrected chi connectivity index (χ4v) is 2.38. The Balaban J connectivity index is 2.01. The van der Waals surface area contributed by atoms with Crippen LogP contribution in [0.4, 0.5) is 5.82 Å². The van der Waals surface area contributed by atoms with Crippen molar-refractivity contribution in [1.29, 1.82) is 0 Å². The zero-order valence-corrected chi connectivity index (χ0v) is 11.8. The lowest BCUT2D eigenvalue weighted by Gasteiger charge is -2.01. The first kappa shape index (κ1) is 12.6. The maximum Gasteiger partial charge on any atom is 0.234 e. The number of hydrogen-bond donors (Lipinski definition) is 1. The molecule has 104 valence electrons. The zero-order valence-electron chi connectivity index (χ0n) is 11.8. The predicted molar refractivity (Wildman–Crippen MR) is 75.4 cm³/mol. The van der Waals surface area contributed by atoms with E-state index in [1.807, 2.05) is 37.4 Å². The van der Waals surface area contributed by atoms with Gasteiger partial charge in [-0.3, -0.25) is 4.40 Å². The van der Waals surface area contributed by atoms with E-state index in [2.05, 4.69) is 20.3 Å². The number of nitrogens with two attached hydrogens (primary N) is 1. The number of hydrogen-bond acceptors (Lipinski definition) is 5. The third kappa shape index (κ3) is 2.01. The standard InChI is InChI=1S/C13H17N7/c1-4-11-12(14)17-18-20(11)7-10-6-19-9(3)5-8(2)15-13(19)16-10/h5-6H,4,7,14H2,1-3H3. The van der Waals surface area contributed by atoms with Gasteiger partial charge in [0.2, 0.25) is 5.78 Å². The summed E-state index contributed by atoms with van der Waals surface area (Å²) in [5, 5.41) is 7.97. The van der Waals surface area contributed by atoms with Crippen molar-refractivity contribution in [2.45, 2.75) is 33.7 Å². The van der Waals surface area contributed by atoms with Crippen molar-refractivity contribution < 1.29 is 0 Å². The summed E-state index contributed by atoms with van der Waals surface area (Å²) in [5.41, 5.74) is 9.70. The fourth-order valence-electron chi connectivity index (χ4n) is 2.38. The first-order valence-corrected chi connectivity index (χ1v) is 6.58. The molecule has 0 fully saturated rings. The van der Waals surface area contributed by atoms with E-state index in [0.29, 0.717) is 18.1 Å². The van der Waals surface area contributed by atoms with Crippen molar-refractivity contribution in [2.24, 2.45) is 0 Å². The quantitative estimate of drug-likeness (QED) is 0.771. The molecule has 7 nitrogen and oxygen atoms in total. The summed E-state index contributed by atoms with van der Waals surface area (Å²) in [4.78, 5) is 8.97. The molecule has 3 aromatic heterocycles. The highest BCUT2D eigenvalue weighted by Crippen LogP contribution is 2.12. The molecule has 0 aliphatic rings. The molecule has 3 heterocycles. The van der Waals surface area contributed by atoms with Crippen LogP contribution in [0.5, 0.6) is 0 Å². The first-order chi connectivity index (χ1) is 9.58. The topological polar surface area (TPSA) is 86.9 Å². The maximum absolute atomic E-state index is 5.79. The minimum absolute atomic E-state index is 0.487. The van der Waals surface area contributed by atoms with E-state index in [-0.39, 0.29) is 0 Å². The van der Waals surface area contributed by atoms with Crippen LogP contribution in [0, 0.1) is 13.8 Å². The van der Waals surface area contributed by atoms with Gasteiger partial charge in [-0.1, -0.05) is 12.1 Å². The number of aryl methyl sites for hydroxylation is 2. The minimum atomic E-state index is 0.487. The summed E-state index contributed by atoms with van der Waals surface area (Å²) in [5.74, 6) is 1.20. The Labute approximate surface area is 116 Å². The molecule has 0 radical (unpaired) electrons. The molecule has 0 saturated carbocycles. The van der Waals surface area contributed by atoms with E-state index in [1.165, 1.54) is 0 Å². The van der Waals surface area contributed by atoms with Gasteiger partial charge in [0.1, 0.15) is 0 Å². The van der Waals surface area contributed by atoms with E-state index in [0.717, 1.165) is 29.2 Å². The van der Waals surface area contributed by atoms with Gasteiger partial charge in [-0.05, 0) is 26.3 Å². The van der Waals surface area contributed by atoms with Crippen LogP contribution >= 0.6 is 0 Å². The summed E-state index contributed by atoms with van der Waals surface area (Å²) < 4.78 is 3.77. The lowest BCUT2D eigenvalue weighted by molar-refractivity contribution is 0.614. The van der Waals surface area contributed by atoms with E-state index >= 15 is 0 Å². The molecule has 3 aromatic rings. The second kappa shape index (κ2) is 4.59. The average molecular weight is 271 g/mol. The molecule has 0 saturated heterocycles. The number of aromatic nitrogens is 6. The Kier molecular flexibility index (Phi) is 2.89. The molecule has 20 heavy (non-hydrogen) atoms. The molecule has 3 rings (SSSR count). The highest BCUT2D eigenvalue weighted by Gasteiger charge is 2.11. The fraction of sp³-hybridized carbons (Fsp3) is 0.385. The number of nitrogens with zero attached hydrogens (tertiary/aromatic N) is 6. The first-order valence-electron chi connectivity index (χ1n) is 6.58. The minimum Gasteiger partial charge on any atom is -0.381 e. The lowest BCUT2D eigenvalue weighted by atomic mass is 10.3. The van der Waals surface area contributed by atoms with Crippen LogP contribution in [-0.2, 0) is 13.0 Å². The molecule has 0 atom stereocenters. The van der Waals surface area contributed by atoms with Crippen LogP contribution in [0.3, 0.4) is 0 Å². The number of fused-ring (bicyclic) bond motifs is 1. The molecular formula is C13H17N7. The molecule has 0 spiro atoms.